The fraction of sp³-hybridized carbons (Fsp3) is 0.533. The first-order valence-corrected chi connectivity index (χ1v) is 15.7. The van der Waals surface area contributed by atoms with Crippen molar-refractivity contribution in [3.05, 3.63) is 65.8 Å². The number of sulfone groups is 1. The average Bonchev–Trinajstić information content (AvgIpc) is 3.64. The first kappa shape index (κ1) is 28.6. The van der Waals surface area contributed by atoms with E-state index in [0.717, 1.165) is 36.2 Å². The highest BCUT2D eigenvalue weighted by Gasteiger charge is 2.47. The highest BCUT2D eigenvalue weighted by atomic mass is 32.2. The van der Waals surface area contributed by atoms with Crippen LogP contribution in [0, 0.1) is 17.3 Å². The van der Waals surface area contributed by atoms with Crippen molar-refractivity contribution in [3.8, 4) is 11.8 Å². The first-order chi connectivity index (χ1) is 19.1. The van der Waals surface area contributed by atoms with Gasteiger partial charge in [-0.05, 0) is 64.2 Å². The van der Waals surface area contributed by atoms with Crippen LogP contribution in [0.5, 0.6) is 0 Å². The van der Waals surface area contributed by atoms with Crippen molar-refractivity contribution in [1.29, 1.82) is 0 Å². The molecule has 0 spiro atoms. The molecule has 3 aliphatic rings. The Morgan fingerprint density at radius 2 is 2.05 bits per heavy atom. The van der Waals surface area contributed by atoms with E-state index in [4.69, 9.17) is 9.47 Å². The van der Waals surface area contributed by atoms with Gasteiger partial charge in [-0.15, -0.1) is 0 Å². The smallest absolute Gasteiger partial charge is 0.158 e. The summed E-state index contributed by atoms with van der Waals surface area (Å²) >= 11 is 0. The van der Waals surface area contributed by atoms with Gasteiger partial charge in [0.05, 0.1) is 16.9 Å². The van der Waals surface area contributed by atoms with Crippen molar-refractivity contribution in [1.82, 2.24) is 14.9 Å². The molecule has 0 amide bonds. The normalized spacial score (nSPS) is 31.2. The van der Waals surface area contributed by atoms with Gasteiger partial charge in [0.15, 0.2) is 16.1 Å². The lowest BCUT2D eigenvalue weighted by Gasteiger charge is -2.32. The number of aromatic nitrogens is 2. The topological polar surface area (TPSA) is 115 Å². The molecule has 5 rings (SSSR count). The maximum absolute atomic E-state index is 11.7. The largest absolute Gasteiger partial charge is 0.411 e. The molecule has 0 saturated carbocycles. The number of oxime groups is 1. The van der Waals surface area contributed by atoms with E-state index >= 15 is 0 Å². The van der Waals surface area contributed by atoms with Gasteiger partial charge in [0.1, 0.15) is 23.2 Å². The van der Waals surface area contributed by atoms with Crippen LogP contribution in [-0.4, -0.2) is 59.3 Å². The molecule has 1 aliphatic carbocycles. The molecule has 1 aromatic carbocycles. The molecule has 5 atom stereocenters. The third-order valence-electron chi connectivity index (χ3n) is 8.09. The van der Waals surface area contributed by atoms with Crippen molar-refractivity contribution >= 4 is 15.5 Å². The van der Waals surface area contributed by atoms with E-state index in [0.29, 0.717) is 25.3 Å². The summed E-state index contributed by atoms with van der Waals surface area (Å²) in [4.78, 5) is 4.58. The second-order valence-corrected chi connectivity index (χ2v) is 13.5. The van der Waals surface area contributed by atoms with Crippen LogP contribution >= 0.6 is 0 Å². The molecular weight excluding hydrogens is 528 g/mol. The van der Waals surface area contributed by atoms with E-state index in [9.17, 15) is 13.6 Å². The zero-order valence-corrected chi connectivity index (χ0v) is 24.2. The molecule has 2 aliphatic heterocycles. The number of rotatable bonds is 7. The van der Waals surface area contributed by atoms with Gasteiger partial charge >= 0.3 is 0 Å². The monoisotopic (exact) mass is 566 g/mol. The summed E-state index contributed by atoms with van der Waals surface area (Å²) < 4.78 is 37.3. The molecule has 9 nitrogen and oxygen atoms in total. The molecule has 2 N–H and O–H groups in total. The van der Waals surface area contributed by atoms with Crippen LogP contribution in [0.25, 0.3) is 0 Å². The molecule has 1 aromatic heterocycles. The summed E-state index contributed by atoms with van der Waals surface area (Å²) in [6, 6.07) is 7.90. The molecule has 4 unspecified atom stereocenters. The quantitative estimate of drug-likeness (QED) is 0.226. The van der Waals surface area contributed by atoms with Crippen molar-refractivity contribution < 1.29 is 23.1 Å². The lowest BCUT2D eigenvalue weighted by Crippen LogP contribution is -2.41. The number of nitrogens with one attached hydrogen (secondary N) is 1. The van der Waals surface area contributed by atoms with Crippen LogP contribution in [-0.2, 0) is 31.4 Å². The number of hydrogen-bond acceptors (Lipinski definition) is 8. The van der Waals surface area contributed by atoms with Crippen LogP contribution in [0.15, 0.2) is 54.0 Å². The maximum atomic E-state index is 11.7. The highest BCUT2D eigenvalue weighted by Crippen LogP contribution is 2.41. The molecule has 0 bridgehead atoms. The lowest BCUT2D eigenvalue weighted by molar-refractivity contribution is -0.188. The molecule has 214 valence electrons. The van der Waals surface area contributed by atoms with Gasteiger partial charge in [-0.3, -0.25) is 0 Å². The van der Waals surface area contributed by atoms with Crippen molar-refractivity contribution in [2.45, 2.75) is 77.0 Å². The molecule has 0 radical (unpaired) electrons. The fourth-order valence-corrected chi connectivity index (χ4v) is 7.46. The molecule has 3 heterocycles. The van der Waals surface area contributed by atoms with E-state index < -0.39 is 20.8 Å². The number of imidazole rings is 1. The maximum Gasteiger partial charge on any atom is 0.158 e. The predicted molar refractivity (Wildman–Crippen MR) is 153 cm³/mol. The molecule has 10 heteroatoms. The number of allylic oxidation sites excluding steroid dienone is 2. The van der Waals surface area contributed by atoms with Gasteiger partial charge in [0.25, 0.3) is 0 Å². The van der Waals surface area contributed by atoms with Crippen LogP contribution < -0.4 is 5.32 Å². The van der Waals surface area contributed by atoms with E-state index in [2.05, 4.69) is 27.3 Å². The fourth-order valence-electron chi connectivity index (χ4n) is 5.75. The summed E-state index contributed by atoms with van der Waals surface area (Å²) in [7, 11) is -2.90. The van der Waals surface area contributed by atoms with Crippen molar-refractivity contribution in [2.75, 3.05) is 18.1 Å². The molecular formula is C30H38N4O5S. The van der Waals surface area contributed by atoms with E-state index in [1.807, 2.05) is 68.0 Å². The van der Waals surface area contributed by atoms with Crippen LogP contribution in [0.4, 0.5) is 0 Å². The van der Waals surface area contributed by atoms with Crippen LogP contribution in [0.3, 0.4) is 0 Å². The zero-order chi connectivity index (χ0) is 28.4. The predicted octanol–water partition coefficient (Wildman–Crippen LogP) is 3.94. The van der Waals surface area contributed by atoms with Gasteiger partial charge in [-0.25, -0.2) is 13.4 Å². The standard InChI is InChI=1S/C30H38N4O5S/c1-22(39-26-6-4-5-18-38-26)27-31-16-17-34(27)30(3)15-14-29(2,28(30)33-35)13-11-23-7-9-24(10-8-23)20-32-25-12-19-40(36,37)21-25/h7-10,14-17,22,25-26,32,35H,4-6,12,18-21H2,1-3H3/b33-28+/t22-,25?,26?,29?,30?/m0/s1. The zero-order valence-electron chi connectivity index (χ0n) is 23.3. The lowest BCUT2D eigenvalue weighted by atomic mass is 9.82. The van der Waals surface area contributed by atoms with E-state index in [1.165, 1.54) is 0 Å². The third kappa shape index (κ3) is 6.03. The Bertz CT molecular complexity index is 1430. The Hall–Kier alpha value is -2.97. The highest BCUT2D eigenvalue weighted by molar-refractivity contribution is 7.91. The minimum absolute atomic E-state index is 0.00947. The van der Waals surface area contributed by atoms with Crippen LogP contribution in [0.2, 0.25) is 0 Å². The van der Waals surface area contributed by atoms with Crippen molar-refractivity contribution in [3.63, 3.8) is 0 Å². The minimum Gasteiger partial charge on any atom is -0.411 e. The number of nitrogens with zero attached hydrogens (tertiary/aromatic N) is 3. The van der Waals surface area contributed by atoms with E-state index in [-0.39, 0.29) is 29.9 Å². The molecule has 2 aromatic rings. The van der Waals surface area contributed by atoms with Gasteiger partial charge < -0.3 is 24.6 Å². The van der Waals surface area contributed by atoms with Gasteiger partial charge in [0, 0.05) is 37.2 Å². The van der Waals surface area contributed by atoms with Gasteiger partial charge in [-0.1, -0.05) is 41.3 Å². The second-order valence-electron chi connectivity index (χ2n) is 11.3. The Morgan fingerprint density at radius 1 is 1.25 bits per heavy atom. The number of hydrogen-bond donors (Lipinski definition) is 2. The Labute approximate surface area is 236 Å². The Kier molecular flexibility index (Phi) is 8.20. The van der Waals surface area contributed by atoms with E-state index in [1.54, 1.807) is 6.20 Å². The summed E-state index contributed by atoms with van der Waals surface area (Å²) in [5, 5.41) is 17.3. The number of ether oxygens (including phenoxy) is 2. The summed E-state index contributed by atoms with van der Waals surface area (Å²) in [5.41, 5.74) is 0.828. The third-order valence-corrected chi connectivity index (χ3v) is 9.86. The SMILES string of the molecule is C[C@H](OC1CCCCO1)c1nccn1C1(C)C=CC(C)(C#Cc2ccc(CNC3CCS(=O)(=O)C3)cc2)/C1=N\O. The van der Waals surface area contributed by atoms with Gasteiger partial charge in [-0.2, -0.15) is 0 Å². The van der Waals surface area contributed by atoms with Crippen LogP contribution in [0.1, 0.15) is 69.5 Å². The summed E-state index contributed by atoms with van der Waals surface area (Å²) in [6.07, 6.45) is 10.7. The average molecular weight is 567 g/mol. The second kappa shape index (κ2) is 11.5. The Balaban J connectivity index is 1.27. The molecule has 2 saturated heterocycles. The first-order valence-electron chi connectivity index (χ1n) is 13.9. The summed E-state index contributed by atoms with van der Waals surface area (Å²) in [6.45, 7) is 7.20. The Morgan fingerprint density at radius 3 is 2.73 bits per heavy atom. The van der Waals surface area contributed by atoms with Gasteiger partial charge in [0.2, 0.25) is 0 Å². The summed E-state index contributed by atoms with van der Waals surface area (Å²) in [5.74, 6) is 7.75. The number of benzene rings is 1. The van der Waals surface area contributed by atoms with Crippen molar-refractivity contribution in [2.24, 2.45) is 10.6 Å². The molecule has 40 heavy (non-hydrogen) atoms. The molecule has 2 fully saturated rings. The minimum atomic E-state index is -2.90.